The van der Waals surface area contributed by atoms with E-state index < -0.39 is 0 Å². The number of methoxy groups -OCH3 is 1. The molecule has 0 fully saturated rings. The van der Waals surface area contributed by atoms with Gasteiger partial charge in [-0.15, -0.1) is 6.42 Å². The molecule has 1 N–H and O–H groups in total. The van der Waals surface area contributed by atoms with Crippen molar-refractivity contribution in [3.8, 4) is 12.3 Å². The van der Waals surface area contributed by atoms with Gasteiger partial charge in [0.2, 0.25) is 0 Å². The van der Waals surface area contributed by atoms with E-state index in [4.69, 9.17) is 11.2 Å². The van der Waals surface area contributed by atoms with E-state index in [1.54, 1.807) is 7.11 Å². The van der Waals surface area contributed by atoms with Crippen LogP contribution in [0.1, 0.15) is 20.8 Å². The van der Waals surface area contributed by atoms with Crippen LogP contribution in [0.25, 0.3) is 0 Å². The zero-order valence-corrected chi connectivity index (χ0v) is 8.42. The highest BCUT2D eigenvalue weighted by Gasteiger charge is 2.12. The largest absolute Gasteiger partial charge is 0.379 e. The molecule has 0 aliphatic heterocycles. The number of hydrogen-bond acceptors (Lipinski definition) is 2. The van der Waals surface area contributed by atoms with Gasteiger partial charge in [-0.05, 0) is 19.4 Å². The summed E-state index contributed by atoms with van der Waals surface area (Å²) in [6, 6.07) is 0.0254. The summed E-state index contributed by atoms with van der Waals surface area (Å²) in [6.07, 6.45) is 5.42. The molecular formula is C10H19NO. The molecule has 0 saturated carbocycles. The Morgan fingerprint density at radius 1 is 1.42 bits per heavy atom. The van der Waals surface area contributed by atoms with Crippen molar-refractivity contribution in [2.45, 2.75) is 32.9 Å². The second kappa shape index (κ2) is 6.05. The van der Waals surface area contributed by atoms with Crippen LogP contribution in [0.5, 0.6) is 0 Å². The molecule has 0 aromatic rings. The Hall–Kier alpha value is -0.520. The Morgan fingerprint density at radius 3 is 2.33 bits per heavy atom. The van der Waals surface area contributed by atoms with Crippen molar-refractivity contribution in [1.29, 1.82) is 0 Å². The lowest BCUT2D eigenvalue weighted by atomic mass is 10.1. The van der Waals surface area contributed by atoms with Crippen LogP contribution < -0.4 is 5.32 Å². The van der Waals surface area contributed by atoms with Crippen LogP contribution in [-0.2, 0) is 4.74 Å². The van der Waals surface area contributed by atoms with Gasteiger partial charge in [-0.25, -0.2) is 0 Å². The molecule has 0 amide bonds. The van der Waals surface area contributed by atoms with Crippen LogP contribution in [-0.4, -0.2) is 25.8 Å². The number of nitrogens with one attached hydrogen (secondary N) is 1. The highest BCUT2D eigenvalue weighted by atomic mass is 16.5. The van der Waals surface area contributed by atoms with E-state index in [-0.39, 0.29) is 12.1 Å². The highest BCUT2D eigenvalue weighted by Crippen LogP contribution is 1.97. The quantitative estimate of drug-likeness (QED) is 0.626. The van der Waals surface area contributed by atoms with Gasteiger partial charge in [0.15, 0.2) is 0 Å². The third kappa shape index (κ3) is 4.38. The van der Waals surface area contributed by atoms with Crippen molar-refractivity contribution in [2.24, 2.45) is 5.92 Å². The maximum absolute atomic E-state index is 5.34. The third-order valence-corrected chi connectivity index (χ3v) is 1.77. The van der Waals surface area contributed by atoms with E-state index in [1.165, 1.54) is 0 Å². The number of hydrogen-bond donors (Lipinski definition) is 1. The molecular weight excluding hydrogens is 150 g/mol. The van der Waals surface area contributed by atoms with Crippen LogP contribution >= 0.6 is 0 Å². The smallest absolute Gasteiger partial charge is 0.0949 e. The fourth-order valence-electron chi connectivity index (χ4n) is 0.859. The van der Waals surface area contributed by atoms with Gasteiger partial charge in [0.25, 0.3) is 0 Å². The fraction of sp³-hybridized carbons (Fsp3) is 0.800. The minimum Gasteiger partial charge on any atom is -0.379 e. The summed E-state index contributed by atoms with van der Waals surface area (Å²) in [7, 11) is 1.67. The molecule has 0 aliphatic carbocycles. The maximum Gasteiger partial charge on any atom is 0.0949 e. The number of rotatable bonds is 5. The van der Waals surface area contributed by atoms with E-state index in [1.807, 2.05) is 6.92 Å². The topological polar surface area (TPSA) is 21.3 Å². The molecule has 2 atom stereocenters. The SMILES string of the molecule is C#C[C@H](NCC(C)C)[C@H](C)OC. The van der Waals surface area contributed by atoms with Gasteiger partial charge in [0.1, 0.15) is 0 Å². The Kier molecular flexibility index (Phi) is 5.79. The van der Waals surface area contributed by atoms with Gasteiger partial charge in [-0.3, -0.25) is 0 Å². The Balaban J connectivity index is 3.77. The summed E-state index contributed by atoms with van der Waals surface area (Å²) >= 11 is 0. The maximum atomic E-state index is 5.34. The van der Waals surface area contributed by atoms with E-state index in [0.717, 1.165) is 6.54 Å². The first-order valence-corrected chi connectivity index (χ1v) is 4.34. The molecule has 0 aliphatic rings. The lowest BCUT2D eigenvalue weighted by molar-refractivity contribution is 0.0987. The molecule has 70 valence electrons. The average molecular weight is 169 g/mol. The second-order valence-corrected chi connectivity index (χ2v) is 3.39. The molecule has 0 spiro atoms. The predicted molar refractivity (Wildman–Crippen MR) is 51.9 cm³/mol. The number of terminal acetylenes is 1. The van der Waals surface area contributed by atoms with E-state index >= 15 is 0 Å². The molecule has 0 aromatic heterocycles. The summed E-state index contributed by atoms with van der Waals surface area (Å²) < 4.78 is 5.13. The molecule has 12 heavy (non-hydrogen) atoms. The first kappa shape index (κ1) is 11.5. The van der Waals surface area contributed by atoms with Crippen molar-refractivity contribution < 1.29 is 4.74 Å². The summed E-state index contributed by atoms with van der Waals surface area (Å²) in [5, 5.41) is 3.26. The van der Waals surface area contributed by atoms with Gasteiger partial charge in [-0.1, -0.05) is 19.8 Å². The molecule has 2 heteroatoms. The van der Waals surface area contributed by atoms with E-state index in [2.05, 4.69) is 25.1 Å². The molecule has 0 unspecified atom stereocenters. The zero-order chi connectivity index (χ0) is 9.56. The standard InChI is InChI=1S/C10H19NO/c1-6-10(9(4)12-5)11-7-8(2)3/h1,8-11H,7H2,2-5H3/t9-,10-/m0/s1. The normalized spacial score (nSPS) is 15.7. The Morgan fingerprint density at radius 2 is 2.00 bits per heavy atom. The lowest BCUT2D eigenvalue weighted by Gasteiger charge is -2.19. The van der Waals surface area contributed by atoms with Gasteiger partial charge in [-0.2, -0.15) is 0 Å². The minimum absolute atomic E-state index is 0.0254. The first-order chi connectivity index (χ1) is 5.61. The summed E-state index contributed by atoms with van der Waals surface area (Å²) in [6.45, 7) is 7.20. The van der Waals surface area contributed by atoms with Crippen molar-refractivity contribution in [3.05, 3.63) is 0 Å². The Bertz CT molecular complexity index is 148. The Labute approximate surface area is 75.7 Å². The molecule has 2 nitrogen and oxygen atoms in total. The van der Waals surface area contributed by atoms with E-state index in [9.17, 15) is 0 Å². The minimum atomic E-state index is 0.0254. The van der Waals surface area contributed by atoms with Crippen molar-refractivity contribution in [1.82, 2.24) is 5.32 Å². The van der Waals surface area contributed by atoms with Crippen LogP contribution in [0.15, 0.2) is 0 Å². The van der Waals surface area contributed by atoms with Crippen molar-refractivity contribution >= 4 is 0 Å². The first-order valence-electron chi connectivity index (χ1n) is 4.34. The molecule has 0 radical (unpaired) electrons. The molecule has 0 bridgehead atoms. The fourth-order valence-corrected chi connectivity index (χ4v) is 0.859. The van der Waals surface area contributed by atoms with Gasteiger partial charge < -0.3 is 10.1 Å². The average Bonchev–Trinajstić information content (AvgIpc) is 2.04. The van der Waals surface area contributed by atoms with Gasteiger partial charge in [0, 0.05) is 7.11 Å². The van der Waals surface area contributed by atoms with Crippen LogP contribution in [0.2, 0.25) is 0 Å². The van der Waals surface area contributed by atoms with Gasteiger partial charge >= 0.3 is 0 Å². The monoisotopic (exact) mass is 169 g/mol. The third-order valence-electron chi connectivity index (χ3n) is 1.77. The second-order valence-electron chi connectivity index (χ2n) is 3.39. The molecule has 0 heterocycles. The highest BCUT2D eigenvalue weighted by molar-refractivity contribution is 5.02. The molecule has 0 aromatic carbocycles. The van der Waals surface area contributed by atoms with Crippen LogP contribution in [0.4, 0.5) is 0 Å². The van der Waals surface area contributed by atoms with Crippen LogP contribution in [0.3, 0.4) is 0 Å². The zero-order valence-electron chi connectivity index (χ0n) is 8.42. The van der Waals surface area contributed by atoms with Crippen molar-refractivity contribution in [3.63, 3.8) is 0 Å². The lowest BCUT2D eigenvalue weighted by Crippen LogP contribution is -2.39. The molecule has 0 rings (SSSR count). The summed E-state index contributed by atoms with van der Waals surface area (Å²) in [4.78, 5) is 0. The summed E-state index contributed by atoms with van der Waals surface area (Å²) in [5.41, 5.74) is 0. The number of ether oxygens (including phenoxy) is 1. The van der Waals surface area contributed by atoms with Crippen molar-refractivity contribution in [2.75, 3.05) is 13.7 Å². The van der Waals surface area contributed by atoms with Gasteiger partial charge in [0.05, 0.1) is 12.1 Å². The van der Waals surface area contributed by atoms with E-state index in [0.29, 0.717) is 5.92 Å². The molecule has 0 saturated heterocycles. The predicted octanol–water partition coefficient (Wildman–Crippen LogP) is 1.27. The van der Waals surface area contributed by atoms with Crippen LogP contribution in [0, 0.1) is 18.3 Å². The summed E-state index contributed by atoms with van der Waals surface area (Å²) in [5.74, 6) is 3.29.